The number of hydrogen-bond acceptors (Lipinski definition) is 4. The second-order valence-corrected chi connectivity index (χ2v) is 10.7. The lowest BCUT2D eigenvalue weighted by Crippen LogP contribution is -2.15. The third-order valence-electron chi connectivity index (χ3n) is 7.59. The third-order valence-corrected chi connectivity index (χ3v) is 7.59. The maximum absolute atomic E-state index is 15.0. The lowest BCUT2D eigenvalue weighted by Gasteiger charge is -2.24. The molecular weight excluding hydrogens is 471 g/mol. The molecule has 1 heterocycles. The van der Waals surface area contributed by atoms with Crippen LogP contribution >= 0.6 is 0 Å². The highest BCUT2D eigenvalue weighted by Crippen LogP contribution is 2.47. The highest BCUT2D eigenvalue weighted by molar-refractivity contribution is 5.73. The van der Waals surface area contributed by atoms with Gasteiger partial charge in [-0.1, -0.05) is 32.1 Å². The van der Waals surface area contributed by atoms with E-state index < -0.39 is 5.97 Å². The molecule has 0 aliphatic heterocycles. The van der Waals surface area contributed by atoms with Crippen molar-refractivity contribution in [2.24, 2.45) is 11.3 Å². The van der Waals surface area contributed by atoms with Crippen LogP contribution in [0.15, 0.2) is 54.7 Å². The number of methoxy groups -OCH3 is 1. The predicted molar refractivity (Wildman–Crippen MR) is 140 cm³/mol. The Morgan fingerprint density at radius 3 is 2.70 bits per heavy atom. The zero-order chi connectivity index (χ0) is 26.2. The fourth-order valence-electron chi connectivity index (χ4n) is 5.38. The first-order chi connectivity index (χ1) is 17.8. The van der Waals surface area contributed by atoms with Crippen molar-refractivity contribution >= 4 is 11.5 Å². The molecule has 0 spiro atoms. The second kappa shape index (κ2) is 10.0. The Labute approximate surface area is 216 Å². The van der Waals surface area contributed by atoms with E-state index >= 15 is 0 Å². The first-order valence-electron chi connectivity index (χ1n) is 12.8. The van der Waals surface area contributed by atoms with Crippen molar-refractivity contribution in [3.05, 3.63) is 77.4 Å². The van der Waals surface area contributed by atoms with E-state index in [0.29, 0.717) is 23.1 Å². The molecule has 1 N–H and O–H groups in total. The number of hydrogen-bond donors (Lipinski definition) is 1. The number of carbonyl (C=O) groups is 1. The molecule has 1 atom stereocenters. The fourth-order valence-corrected chi connectivity index (χ4v) is 5.38. The number of rotatable bonds is 10. The normalized spacial score (nSPS) is 17.4. The summed E-state index contributed by atoms with van der Waals surface area (Å²) in [5.74, 6) is 0.493. The summed E-state index contributed by atoms with van der Waals surface area (Å²) in [5.41, 5.74) is 4.06. The highest BCUT2D eigenvalue weighted by Gasteiger charge is 2.35. The molecule has 1 fully saturated rings. The van der Waals surface area contributed by atoms with Crippen LogP contribution in [0.2, 0.25) is 0 Å². The van der Waals surface area contributed by atoms with Crippen LogP contribution in [0.3, 0.4) is 0 Å². The van der Waals surface area contributed by atoms with Crippen LogP contribution in [0, 0.1) is 17.2 Å². The molecule has 7 heteroatoms. The summed E-state index contributed by atoms with van der Waals surface area (Å²) in [7, 11) is 1.56. The average molecular weight is 505 g/mol. The van der Waals surface area contributed by atoms with Crippen molar-refractivity contribution in [1.82, 2.24) is 9.78 Å². The van der Waals surface area contributed by atoms with Crippen LogP contribution in [0.5, 0.6) is 11.5 Å². The highest BCUT2D eigenvalue weighted by atomic mass is 19.1. The molecule has 194 valence electrons. The van der Waals surface area contributed by atoms with Gasteiger partial charge >= 0.3 is 5.97 Å². The van der Waals surface area contributed by atoms with Gasteiger partial charge in [0.05, 0.1) is 25.4 Å². The molecule has 2 aliphatic rings. The van der Waals surface area contributed by atoms with Crippen LogP contribution < -0.4 is 9.47 Å². The van der Waals surface area contributed by atoms with Gasteiger partial charge in [-0.3, -0.25) is 4.79 Å². The van der Waals surface area contributed by atoms with E-state index in [1.54, 1.807) is 30.1 Å². The Balaban J connectivity index is 1.47. The number of carboxylic acid groups (broad SMARTS) is 1. The molecule has 5 rings (SSSR count). The number of benzene rings is 2. The first-order valence-corrected chi connectivity index (χ1v) is 12.8. The average Bonchev–Trinajstić information content (AvgIpc) is 3.54. The molecule has 1 aromatic heterocycles. The molecule has 3 aromatic rings. The van der Waals surface area contributed by atoms with Crippen LogP contribution in [-0.4, -0.2) is 28.0 Å². The van der Waals surface area contributed by atoms with E-state index in [1.165, 1.54) is 6.07 Å². The molecule has 2 aromatic carbocycles. The van der Waals surface area contributed by atoms with Crippen molar-refractivity contribution in [1.29, 1.82) is 0 Å². The van der Waals surface area contributed by atoms with Gasteiger partial charge in [-0.15, -0.1) is 0 Å². The molecule has 1 unspecified atom stereocenters. The van der Waals surface area contributed by atoms with Gasteiger partial charge in [-0.05, 0) is 78.3 Å². The van der Waals surface area contributed by atoms with E-state index in [4.69, 9.17) is 9.47 Å². The summed E-state index contributed by atoms with van der Waals surface area (Å²) in [6, 6.07) is 12.4. The van der Waals surface area contributed by atoms with Gasteiger partial charge in [0.15, 0.2) is 0 Å². The Hall–Kier alpha value is -3.61. The zero-order valence-electron chi connectivity index (χ0n) is 21.5. The lowest BCUT2D eigenvalue weighted by molar-refractivity contribution is -0.137. The summed E-state index contributed by atoms with van der Waals surface area (Å²) < 4.78 is 28.2. The van der Waals surface area contributed by atoms with E-state index in [0.717, 1.165) is 48.1 Å². The van der Waals surface area contributed by atoms with Crippen LogP contribution in [0.4, 0.5) is 4.39 Å². The molecule has 0 saturated heterocycles. The summed E-state index contributed by atoms with van der Waals surface area (Å²) >= 11 is 0. The molecule has 0 amide bonds. The van der Waals surface area contributed by atoms with Gasteiger partial charge in [0.2, 0.25) is 0 Å². The quantitative estimate of drug-likeness (QED) is 0.330. The Bertz CT molecular complexity index is 1340. The second-order valence-electron chi connectivity index (χ2n) is 10.7. The van der Waals surface area contributed by atoms with E-state index in [-0.39, 0.29) is 30.2 Å². The number of carboxylic acids is 1. The minimum Gasteiger partial charge on any atom is -0.497 e. The van der Waals surface area contributed by atoms with Gasteiger partial charge in [0.1, 0.15) is 29.6 Å². The molecular formula is C30H33FN2O4. The van der Waals surface area contributed by atoms with Gasteiger partial charge < -0.3 is 14.6 Å². The summed E-state index contributed by atoms with van der Waals surface area (Å²) in [5, 5.41) is 14.0. The van der Waals surface area contributed by atoms with E-state index in [9.17, 15) is 14.3 Å². The minimum absolute atomic E-state index is 0.000147. The number of halogens is 1. The van der Waals surface area contributed by atoms with Gasteiger partial charge in [0.25, 0.3) is 0 Å². The topological polar surface area (TPSA) is 73.6 Å². The molecule has 37 heavy (non-hydrogen) atoms. The molecule has 0 bridgehead atoms. The minimum atomic E-state index is -0.780. The number of allylic oxidation sites excluding steroid dienone is 2. The number of nitrogens with zero attached hydrogens (tertiary/aromatic N) is 2. The van der Waals surface area contributed by atoms with Crippen molar-refractivity contribution in [3.8, 4) is 17.2 Å². The molecule has 6 nitrogen and oxygen atoms in total. The van der Waals surface area contributed by atoms with Crippen molar-refractivity contribution in [3.63, 3.8) is 0 Å². The van der Waals surface area contributed by atoms with Gasteiger partial charge in [0, 0.05) is 11.6 Å². The Kier molecular flexibility index (Phi) is 6.80. The summed E-state index contributed by atoms with van der Waals surface area (Å²) in [6.45, 7) is 4.64. The smallest absolute Gasteiger partial charge is 0.303 e. The SMILES string of the molecule is COc1ccc(F)c(-n2ncc(COc3cccc(C(CC(=O)O)C4CC4)c3)c2C2=CCCC2(C)C)c1. The van der Waals surface area contributed by atoms with E-state index in [1.807, 2.05) is 24.3 Å². The fraction of sp³-hybridized carbons (Fsp3) is 0.400. The largest absolute Gasteiger partial charge is 0.497 e. The Morgan fingerprint density at radius 1 is 1.22 bits per heavy atom. The van der Waals surface area contributed by atoms with Crippen LogP contribution in [0.25, 0.3) is 11.3 Å². The van der Waals surface area contributed by atoms with Crippen molar-refractivity contribution < 1.29 is 23.8 Å². The van der Waals surface area contributed by atoms with Crippen LogP contribution in [0.1, 0.15) is 68.7 Å². The standard InChI is InChI=1S/C30H33FN2O4/c1-30(2)13-5-8-25(30)29-21(17-32-33(29)27-15-22(36-3)11-12-26(27)31)18-37-23-7-4-6-20(14-23)24(16-28(34)35)19-9-10-19/h4,6-8,11-12,14-15,17,19,24H,5,9-10,13,16,18H2,1-3H3,(H,34,35). The maximum atomic E-state index is 15.0. The molecule has 0 radical (unpaired) electrons. The first kappa shape index (κ1) is 25.1. The predicted octanol–water partition coefficient (Wildman–Crippen LogP) is 6.77. The molecule has 2 aliphatic carbocycles. The zero-order valence-corrected chi connectivity index (χ0v) is 21.5. The van der Waals surface area contributed by atoms with Crippen molar-refractivity contribution in [2.75, 3.05) is 7.11 Å². The van der Waals surface area contributed by atoms with Gasteiger partial charge in [-0.2, -0.15) is 5.10 Å². The number of aromatic nitrogens is 2. The molecule has 1 saturated carbocycles. The summed E-state index contributed by atoms with van der Waals surface area (Å²) in [6.07, 6.45) is 8.16. The third kappa shape index (κ3) is 5.26. The van der Waals surface area contributed by atoms with E-state index in [2.05, 4.69) is 25.0 Å². The van der Waals surface area contributed by atoms with Gasteiger partial charge in [-0.25, -0.2) is 9.07 Å². The van der Waals surface area contributed by atoms with Crippen LogP contribution in [-0.2, 0) is 11.4 Å². The number of ether oxygens (including phenoxy) is 2. The number of aliphatic carboxylic acids is 1. The lowest BCUT2D eigenvalue weighted by atomic mass is 9.83. The van der Waals surface area contributed by atoms with Crippen molar-refractivity contribution in [2.45, 2.75) is 58.5 Å². The maximum Gasteiger partial charge on any atom is 0.303 e. The Morgan fingerprint density at radius 2 is 2.03 bits per heavy atom. The summed E-state index contributed by atoms with van der Waals surface area (Å²) in [4.78, 5) is 11.4. The monoisotopic (exact) mass is 504 g/mol.